The number of nitrogens with two attached hydrogens (primary N) is 1. The third-order valence-electron chi connectivity index (χ3n) is 4.64. The third kappa shape index (κ3) is 3.08. The summed E-state index contributed by atoms with van der Waals surface area (Å²) in [5.41, 5.74) is 7.93. The van der Waals surface area contributed by atoms with Gasteiger partial charge in [0, 0.05) is 25.3 Å². The van der Waals surface area contributed by atoms with Crippen LogP contribution in [0.1, 0.15) is 55.6 Å². The Hall–Kier alpha value is -1.95. The highest BCUT2D eigenvalue weighted by atomic mass is 16.5. The third-order valence-corrected chi connectivity index (χ3v) is 4.64. The van der Waals surface area contributed by atoms with Crippen molar-refractivity contribution >= 4 is 17.0 Å². The van der Waals surface area contributed by atoms with Gasteiger partial charge in [0.1, 0.15) is 0 Å². The topological polar surface area (TPSA) is 85.2 Å². The van der Waals surface area contributed by atoms with Crippen LogP contribution >= 0.6 is 0 Å². The Morgan fingerprint density at radius 2 is 2.22 bits per heavy atom. The van der Waals surface area contributed by atoms with Crippen molar-refractivity contribution in [2.75, 3.05) is 13.1 Å². The number of carbonyl (C=O) groups excluding carboxylic acids is 1. The molecule has 1 saturated heterocycles. The molecule has 0 saturated carbocycles. The van der Waals surface area contributed by atoms with Crippen LogP contribution in [-0.4, -0.2) is 40.1 Å². The Morgan fingerprint density at radius 3 is 2.91 bits per heavy atom. The summed E-state index contributed by atoms with van der Waals surface area (Å²) < 4.78 is 5.24. The van der Waals surface area contributed by atoms with Gasteiger partial charge >= 0.3 is 0 Å². The normalized spacial score (nSPS) is 20.2. The highest BCUT2D eigenvalue weighted by Crippen LogP contribution is 2.25. The molecule has 0 radical (unpaired) electrons. The van der Waals surface area contributed by atoms with E-state index in [1.54, 1.807) is 6.20 Å². The van der Waals surface area contributed by atoms with Gasteiger partial charge in [0.2, 0.25) is 0 Å². The average Bonchev–Trinajstić information content (AvgIpc) is 2.97. The molecule has 3 heterocycles. The van der Waals surface area contributed by atoms with Crippen LogP contribution in [-0.2, 0) is 0 Å². The lowest BCUT2D eigenvalue weighted by Crippen LogP contribution is -2.45. The maximum atomic E-state index is 12.8. The zero-order valence-electron chi connectivity index (χ0n) is 14.0. The van der Waals surface area contributed by atoms with E-state index in [2.05, 4.69) is 10.1 Å². The fraction of sp³-hybridized carbons (Fsp3) is 0.588. The number of aromatic nitrogens is 2. The number of carbonyl (C=O) groups is 1. The highest BCUT2D eigenvalue weighted by Gasteiger charge is 2.27. The lowest BCUT2D eigenvalue weighted by molar-refractivity contribution is 0.0660. The summed E-state index contributed by atoms with van der Waals surface area (Å²) >= 11 is 0. The molecule has 1 aliphatic heterocycles. The summed E-state index contributed by atoms with van der Waals surface area (Å²) in [6.45, 7) is 7.60. The van der Waals surface area contributed by atoms with Gasteiger partial charge in [-0.2, -0.15) is 0 Å². The molecule has 124 valence electrons. The predicted octanol–water partition coefficient (Wildman–Crippen LogP) is 2.55. The van der Waals surface area contributed by atoms with Crippen molar-refractivity contribution in [3.8, 4) is 0 Å². The minimum Gasteiger partial charge on any atom is -0.338 e. The summed E-state index contributed by atoms with van der Waals surface area (Å²) in [5, 5.41) is 4.89. The Labute approximate surface area is 136 Å². The lowest BCUT2D eigenvalue weighted by atomic mass is 9.92. The van der Waals surface area contributed by atoms with E-state index in [0.717, 1.165) is 37.0 Å². The molecule has 3 rings (SSSR count). The monoisotopic (exact) mass is 316 g/mol. The van der Waals surface area contributed by atoms with Crippen molar-refractivity contribution in [3.63, 3.8) is 0 Å². The molecule has 0 aliphatic carbocycles. The second-order valence-electron chi connectivity index (χ2n) is 6.81. The van der Waals surface area contributed by atoms with E-state index in [9.17, 15) is 4.79 Å². The number of amides is 1. The standard InChI is InChI=1S/C17H24N4O2/c1-10(2)15-14-7-13(8-19-16(14)23-20-15)17(22)21-6-4-5-12(9-21)11(3)18/h7-8,10-12H,4-6,9,18H2,1-3H3/t11-,12-/m0/s1. The van der Waals surface area contributed by atoms with Crippen molar-refractivity contribution in [1.29, 1.82) is 0 Å². The first-order valence-corrected chi connectivity index (χ1v) is 8.27. The van der Waals surface area contributed by atoms with Gasteiger partial charge in [-0.3, -0.25) is 4.79 Å². The molecule has 1 aliphatic rings. The van der Waals surface area contributed by atoms with Crippen LogP contribution in [0.5, 0.6) is 0 Å². The van der Waals surface area contributed by atoms with Crippen molar-refractivity contribution in [2.24, 2.45) is 11.7 Å². The number of nitrogens with zero attached hydrogens (tertiary/aromatic N) is 3. The second kappa shape index (κ2) is 6.28. The largest absolute Gasteiger partial charge is 0.338 e. The van der Waals surface area contributed by atoms with Gasteiger partial charge in [-0.1, -0.05) is 19.0 Å². The number of piperidine rings is 1. The van der Waals surface area contributed by atoms with Gasteiger partial charge in [0.25, 0.3) is 11.6 Å². The molecule has 0 aromatic carbocycles. The zero-order chi connectivity index (χ0) is 16.6. The van der Waals surface area contributed by atoms with E-state index in [0.29, 0.717) is 17.2 Å². The molecule has 2 aromatic rings. The first-order chi connectivity index (χ1) is 11.0. The number of hydrogen-bond donors (Lipinski definition) is 1. The molecule has 2 N–H and O–H groups in total. The van der Waals surface area contributed by atoms with Crippen molar-refractivity contribution in [3.05, 3.63) is 23.5 Å². The second-order valence-corrected chi connectivity index (χ2v) is 6.81. The van der Waals surface area contributed by atoms with Crippen LogP contribution in [0.4, 0.5) is 0 Å². The summed E-state index contributed by atoms with van der Waals surface area (Å²) in [5.74, 6) is 0.604. The smallest absolute Gasteiger partial charge is 0.257 e. The van der Waals surface area contributed by atoms with E-state index in [-0.39, 0.29) is 17.9 Å². The first-order valence-electron chi connectivity index (χ1n) is 8.27. The first kappa shape index (κ1) is 15.9. The number of likely N-dealkylation sites (tertiary alicyclic amines) is 1. The maximum Gasteiger partial charge on any atom is 0.257 e. The zero-order valence-corrected chi connectivity index (χ0v) is 14.0. The SMILES string of the molecule is CC(C)c1noc2ncc(C(=O)N3CCC[C@H]([C@H](C)N)C3)cc12. The molecule has 6 nitrogen and oxygen atoms in total. The molecule has 2 aromatic heterocycles. The molecule has 0 bridgehead atoms. The maximum absolute atomic E-state index is 12.8. The van der Waals surface area contributed by atoms with Gasteiger partial charge in [0.15, 0.2) is 0 Å². The minimum atomic E-state index is 0.0145. The molecule has 23 heavy (non-hydrogen) atoms. The predicted molar refractivity (Wildman–Crippen MR) is 88.2 cm³/mol. The van der Waals surface area contributed by atoms with Gasteiger partial charge < -0.3 is 15.2 Å². The Morgan fingerprint density at radius 1 is 1.43 bits per heavy atom. The molecule has 2 atom stereocenters. The average molecular weight is 316 g/mol. The quantitative estimate of drug-likeness (QED) is 0.940. The molecule has 0 spiro atoms. The molecule has 6 heteroatoms. The number of hydrogen-bond acceptors (Lipinski definition) is 5. The van der Waals surface area contributed by atoms with Crippen molar-refractivity contribution in [1.82, 2.24) is 15.0 Å². The van der Waals surface area contributed by atoms with E-state index < -0.39 is 0 Å². The summed E-state index contributed by atoms with van der Waals surface area (Å²) in [7, 11) is 0. The van der Waals surface area contributed by atoms with Crippen molar-refractivity contribution in [2.45, 2.75) is 45.6 Å². The van der Waals surface area contributed by atoms with Crippen LogP contribution in [0.25, 0.3) is 11.1 Å². The minimum absolute atomic E-state index is 0.0145. The fourth-order valence-electron chi connectivity index (χ4n) is 3.19. The van der Waals surface area contributed by atoms with Crippen LogP contribution in [0.3, 0.4) is 0 Å². The number of fused-ring (bicyclic) bond motifs is 1. The van der Waals surface area contributed by atoms with Crippen LogP contribution in [0, 0.1) is 5.92 Å². The summed E-state index contributed by atoms with van der Waals surface area (Å²) in [6.07, 6.45) is 3.66. The van der Waals surface area contributed by atoms with Crippen LogP contribution < -0.4 is 5.73 Å². The van der Waals surface area contributed by atoms with Gasteiger partial charge in [-0.15, -0.1) is 0 Å². The van der Waals surface area contributed by atoms with Gasteiger partial charge in [-0.25, -0.2) is 4.98 Å². The van der Waals surface area contributed by atoms with E-state index in [1.807, 2.05) is 31.7 Å². The summed E-state index contributed by atoms with van der Waals surface area (Å²) in [4.78, 5) is 19.0. The van der Waals surface area contributed by atoms with E-state index in [4.69, 9.17) is 10.3 Å². The summed E-state index contributed by atoms with van der Waals surface area (Å²) in [6, 6.07) is 1.96. The fourth-order valence-corrected chi connectivity index (χ4v) is 3.19. The lowest BCUT2D eigenvalue weighted by Gasteiger charge is -2.34. The molecule has 1 amide bonds. The molecular formula is C17H24N4O2. The molecule has 1 fully saturated rings. The van der Waals surface area contributed by atoms with Crippen molar-refractivity contribution < 1.29 is 9.32 Å². The van der Waals surface area contributed by atoms with E-state index in [1.165, 1.54) is 0 Å². The molecular weight excluding hydrogens is 292 g/mol. The highest BCUT2D eigenvalue weighted by molar-refractivity contribution is 5.97. The molecule has 0 unspecified atom stereocenters. The number of rotatable bonds is 3. The van der Waals surface area contributed by atoms with Crippen LogP contribution in [0.15, 0.2) is 16.8 Å². The Bertz CT molecular complexity index is 708. The van der Waals surface area contributed by atoms with E-state index >= 15 is 0 Å². The van der Waals surface area contributed by atoms with Gasteiger partial charge in [-0.05, 0) is 37.7 Å². The van der Waals surface area contributed by atoms with Gasteiger partial charge in [0.05, 0.1) is 16.6 Å². The Kier molecular flexibility index (Phi) is 4.35. The number of pyridine rings is 1. The van der Waals surface area contributed by atoms with Crippen LogP contribution in [0.2, 0.25) is 0 Å². The Balaban J connectivity index is 1.87.